The highest BCUT2D eigenvalue weighted by Gasteiger charge is 2.25. The lowest BCUT2D eigenvalue weighted by Gasteiger charge is -2.31. The molecule has 0 saturated heterocycles. The van der Waals surface area contributed by atoms with E-state index < -0.39 is 0 Å². The number of carbonyl (C=O) groups excluding carboxylic acids is 2. The number of anilines is 1. The van der Waals surface area contributed by atoms with Gasteiger partial charge in [0, 0.05) is 34.1 Å². The molecule has 34 heavy (non-hydrogen) atoms. The average Bonchev–Trinajstić information content (AvgIpc) is 3.26. The summed E-state index contributed by atoms with van der Waals surface area (Å²) in [5.74, 6) is 0.570. The fourth-order valence-electron chi connectivity index (χ4n) is 3.58. The molecule has 0 spiro atoms. The highest BCUT2D eigenvalue weighted by Crippen LogP contribution is 2.21. The van der Waals surface area contributed by atoms with Crippen molar-refractivity contribution >= 4 is 29.0 Å². The van der Waals surface area contributed by atoms with E-state index in [1.807, 2.05) is 61.2 Å². The van der Waals surface area contributed by atoms with Crippen molar-refractivity contribution in [1.29, 1.82) is 0 Å². The van der Waals surface area contributed by atoms with E-state index in [1.165, 1.54) is 4.88 Å². The maximum atomic E-state index is 13.5. The lowest BCUT2D eigenvalue weighted by molar-refractivity contribution is -0.133. The van der Waals surface area contributed by atoms with Crippen molar-refractivity contribution in [2.75, 3.05) is 19.0 Å². The van der Waals surface area contributed by atoms with E-state index in [-0.39, 0.29) is 24.5 Å². The Bertz CT molecular complexity index is 1080. The van der Waals surface area contributed by atoms with Gasteiger partial charge in [0.25, 0.3) is 0 Å². The number of hydrogen-bond acceptors (Lipinski definition) is 4. The molecule has 7 heteroatoms. The van der Waals surface area contributed by atoms with Crippen molar-refractivity contribution in [2.24, 2.45) is 0 Å². The second-order valence-corrected chi connectivity index (χ2v) is 9.67. The summed E-state index contributed by atoms with van der Waals surface area (Å²) in [6.07, 6.45) is 0.738. The molecule has 1 atom stereocenters. The number of carbonyl (C=O) groups is 2. The number of hydrogen-bond donors (Lipinski definition) is 1. The van der Waals surface area contributed by atoms with Crippen LogP contribution < -0.4 is 10.1 Å². The van der Waals surface area contributed by atoms with Crippen molar-refractivity contribution in [1.82, 2.24) is 9.80 Å². The molecule has 0 aliphatic carbocycles. The number of aryl methyl sites for hydroxylation is 1. The van der Waals surface area contributed by atoms with Crippen LogP contribution in [0.5, 0.6) is 5.75 Å². The molecule has 0 fully saturated rings. The molecule has 180 valence electrons. The summed E-state index contributed by atoms with van der Waals surface area (Å²) in [7, 11) is 1.58. The van der Waals surface area contributed by atoms with E-state index in [2.05, 4.69) is 24.4 Å². The number of nitrogens with one attached hydrogen (secondary N) is 1. The number of benzene rings is 2. The zero-order valence-electron chi connectivity index (χ0n) is 20.3. The zero-order chi connectivity index (χ0) is 24.5. The minimum absolute atomic E-state index is 0.00198. The molecule has 0 saturated carbocycles. The minimum atomic E-state index is -0.303. The maximum Gasteiger partial charge on any atom is 0.322 e. The highest BCUT2D eigenvalue weighted by molar-refractivity contribution is 7.11. The van der Waals surface area contributed by atoms with Crippen molar-refractivity contribution < 1.29 is 14.3 Å². The third-order valence-corrected chi connectivity index (χ3v) is 6.71. The van der Waals surface area contributed by atoms with Crippen molar-refractivity contribution in [3.8, 4) is 5.75 Å². The first-order valence-corrected chi connectivity index (χ1v) is 12.3. The Morgan fingerprint density at radius 2 is 1.79 bits per heavy atom. The van der Waals surface area contributed by atoms with Crippen LogP contribution in [0.4, 0.5) is 10.5 Å². The summed E-state index contributed by atoms with van der Waals surface area (Å²) in [4.78, 5) is 32.5. The number of rotatable bonds is 10. The molecular weight excluding hydrogens is 446 g/mol. The Balaban J connectivity index is 1.78. The van der Waals surface area contributed by atoms with Crippen molar-refractivity contribution in [2.45, 2.75) is 46.3 Å². The minimum Gasteiger partial charge on any atom is -0.497 e. The van der Waals surface area contributed by atoms with Crippen LogP contribution >= 0.6 is 11.3 Å². The monoisotopic (exact) mass is 479 g/mol. The second-order valence-electron chi connectivity index (χ2n) is 8.30. The first kappa shape index (κ1) is 25.3. The number of amides is 3. The Morgan fingerprint density at radius 3 is 2.44 bits per heavy atom. The van der Waals surface area contributed by atoms with Gasteiger partial charge in [0.1, 0.15) is 12.3 Å². The molecule has 3 rings (SSSR count). The number of thiophene rings is 1. The predicted molar refractivity (Wildman–Crippen MR) is 138 cm³/mol. The highest BCUT2D eigenvalue weighted by atomic mass is 32.1. The third-order valence-electron chi connectivity index (χ3n) is 5.72. The van der Waals surface area contributed by atoms with Gasteiger partial charge in [0.2, 0.25) is 5.91 Å². The van der Waals surface area contributed by atoms with E-state index in [0.717, 1.165) is 16.9 Å². The number of ether oxygens (including phenoxy) is 1. The smallest absolute Gasteiger partial charge is 0.322 e. The van der Waals surface area contributed by atoms with Crippen LogP contribution in [0.1, 0.15) is 35.6 Å². The van der Waals surface area contributed by atoms with Gasteiger partial charge in [0.15, 0.2) is 0 Å². The molecule has 0 bridgehead atoms. The van der Waals surface area contributed by atoms with Crippen LogP contribution in [0.15, 0.2) is 66.7 Å². The molecule has 3 aromatic rings. The molecule has 3 amide bonds. The van der Waals surface area contributed by atoms with Gasteiger partial charge in [-0.25, -0.2) is 4.79 Å². The number of urea groups is 1. The first-order valence-electron chi connectivity index (χ1n) is 11.5. The SMILES string of the molecule is CCC(C)N(CC(=O)N(Cc1ccccc1)Cc1ccc(C)s1)C(=O)Nc1cccc(OC)c1. The van der Waals surface area contributed by atoms with E-state index in [0.29, 0.717) is 24.5 Å². The molecule has 2 aromatic carbocycles. The lowest BCUT2D eigenvalue weighted by atomic mass is 10.2. The van der Waals surface area contributed by atoms with Gasteiger partial charge in [-0.05, 0) is 50.1 Å². The van der Waals surface area contributed by atoms with Crippen LogP contribution in [0.25, 0.3) is 0 Å². The summed E-state index contributed by atoms with van der Waals surface area (Å²) in [5, 5.41) is 2.92. The van der Waals surface area contributed by atoms with E-state index in [9.17, 15) is 9.59 Å². The van der Waals surface area contributed by atoms with E-state index >= 15 is 0 Å². The summed E-state index contributed by atoms with van der Waals surface area (Å²) in [5.41, 5.74) is 1.68. The van der Waals surface area contributed by atoms with E-state index in [1.54, 1.807) is 35.5 Å². The molecule has 1 aromatic heterocycles. The van der Waals surface area contributed by atoms with Crippen molar-refractivity contribution in [3.05, 3.63) is 82.0 Å². The largest absolute Gasteiger partial charge is 0.497 e. The summed E-state index contributed by atoms with van der Waals surface area (Å²) in [6, 6.07) is 20.9. The lowest BCUT2D eigenvalue weighted by Crippen LogP contribution is -2.47. The maximum absolute atomic E-state index is 13.5. The quantitative estimate of drug-likeness (QED) is 0.392. The molecule has 0 aliphatic rings. The van der Waals surface area contributed by atoms with Gasteiger partial charge in [-0.15, -0.1) is 11.3 Å². The standard InChI is InChI=1S/C27H33N3O3S/c1-5-20(2)30(27(32)28-23-12-9-13-24(16-23)33-4)19-26(31)29(17-22-10-7-6-8-11-22)18-25-15-14-21(3)34-25/h6-16,20H,5,17-19H2,1-4H3,(H,28,32). The van der Waals surface area contributed by atoms with E-state index in [4.69, 9.17) is 4.74 Å². The summed E-state index contributed by atoms with van der Waals surface area (Å²) in [6.45, 7) is 7.04. The fraction of sp³-hybridized carbons (Fsp3) is 0.333. The zero-order valence-corrected chi connectivity index (χ0v) is 21.1. The molecule has 1 N–H and O–H groups in total. The summed E-state index contributed by atoms with van der Waals surface area (Å²) < 4.78 is 5.25. The van der Waals surface area contributed by atoms with Crippen LogP contribution in [-0.4, -0.2) is 41.4 Å². The van der Waals surface area contributed by atoms with Crippen LogP contribution in [0.3, 0.4) is 0 Å². The number of methoxy groups -OCH3 is 1. The van der Waals surface area contributed by atoms with Crippen LogP contribution in [-0.2, 0) is 17.9 Å². The van der Waals surface area contributed by atoms with Crippen LogP contribution in [0.2, 0.25) is 0 Å². The van der Waals surface area contributed by atoms with Gasteiger partial charge in [-0.1, -0.05) is 43.3 Å². The topological polar surface area (TPSA) is 61.9 Å². The van der Waals surface area contributed by atoms with Gasteiger partial charge in [0.05, 0.1) is 13.7 Å². The summed E-state index contributed by atoms with van der Waals surface area (Å²) >= 11 is 1.69. The predicted octanol–water partition coefficient (Wildman–Crippen LogP) is 5.93. The van der Waals surface area contributed by atoms with Gasteiger partial charge < -0.3 is 19.9 Å². The van der Waals surface area contributed by atoms with Crippen molar-refractivity contribution in [3.63, 3.8) is 0 Å². The van der Waals surface area contributed by atoms with Gasteiger partial charge >= 0.3 is 6.03 Å². The van der Waals surface area contributed by atoms with Gasteiger partial charge in [-0.2, -0.15) is 0 Å². The Kier molecular flexibility index (Phi) is 9.10. The third kappa shape index (κ3) is 7.09. The van der Waals surface area contributed by atoms with Crippen LogP contribution in [0, 0.1) is 6.92 Å². The molecule has 1 heterocycles. The second kappa shape index (κ2) is 12.2. The Hall–Kier alpha value is -3.32. The molecule has 1 unspecified atom stereocenters. The molecular formula is C27H33N3O3S. The number of nitrogens with zero attached hydrogens (tertiary/aromatic N) is 2. The normalized spacial score (nSPS) is 11.5. The molecule has 6 nitrogen and oxygen atoms in total. The average molecular weight is 480 g/mol. The molecule has 0 aliphatic heterocycles. The Labute approximate surface area is 206 Å². The fourth-order valence-corrected chi connectivity index (χ4v) is 4.49. The first-order chi connectivity index (χ1) is 16.4. The Morgan fingerprint density at radius 1 is 1.03 bits per heavy atom. The molecule has 0 radical (unpaired) electrons. The van der Waals surface area contributed by atoms with Gasteiger partial charge in [-0.3, -0.25) is 4.79 Å².